The Balaban J connectivity index is 1.53. The highest BCUT2D eigenvalue weighted by Crippen LogP contribution is 2.38. The second-order valence-electron chi connectivity index (χ2n) is 8.18. The van der Waals surface area contributed by atoms with E-state index < -0.39 is 5.82 Å². The lowest BCUT2D eigenvalue weighted by molar-refractivity contribution is 0.305. The average Bonchev–Trinajstić information content (AvgIpc) is 2.96. The average molecular weight is 431 g/mol. The van der Waals surface area contributed by atoms with Gasteiger partial charge in [-0.15, -0.1) is 0 Å². The topological polar surface area (TPSA) is 59.1 Å². The highest BCUT2D eigenvalue weighted by molar-refractivity contribution is 5.95. The van der Waals surface area contributed by atoms with Gasteiger partial charge in [0.25, 0.3) is 0 Å². The van der Waals surface area contributed by atoms with E-state index >= 15 is 0 Å². The molecule has 0 radical (unpaired) electrons. The molecule has 0 amide bonds. The maximum absolute atomic E-state index is 13.9. The number of nitrogens with one attached hydrogen (secondary N) is 2. The lowest BCUT2D eigenvalue weighted by Gasteiger charge is -2.28. The first-order chi connectivity index (χ1) is 15.6. The molecule has 0 atom stereocenters. The summed E-state index contributed by atoms with van der Waals surface area (Å²) >= 11 is 0. The molecular weight excluding hydrogens is 412 g/mol. The SMILES string of the molecule is O=c1[nH]c2cc(/C=C3\c4ccc(F)cc4COc4cc(F)ccc43)ccc2n1C1CNC1. The molecule has 6 rings (SSSR count). The molecule has 3 aromatic carbocycles. The molecule has 0 bridgehead atoms. The third kappa shape index (κ3) is 3.05. The van der Waals surface area contributed by atoms with Crippen molar-refractivity contribution in [3.63, 3.8) is 0 Å². The summed E-state index contributed by atoms with van der Waals surface area (Å²) in [6.07, 6.45) is 1.96. The van der Waals surface area contributed by atoms with E-state index in [1.807, 2.05) is 24.3 Å². The van der Waals surface area contributed by atoms with Crippen molar-refractivity contribution in [2.24, 2.45) is 0 Å². The number of nitrogens with zero attached hydrogens (tertiary/aromatic N) is 1. The van der Waals surface area contributed by atoms with E-state index in [4.69, 9.17) is 4.74 Å². The molecule has 1 fully saturated rings. The molecule has 7 heteroatoms. The Morgan fingerprint density at radius 3 is 2.53 bits per heavy atom. The molecule has 0 spiro atoms. The molecule has 3 heterocycles. The van der Waals surface area contributed by atoms with Gasteiger partial charge in [-0.25, -0.2) is 13.6 Å². The van der Waals surface area contributed by atoms with Crippen LogP contribution in [-0.2, 0) is 6.61 Å². The van der Waals surface area contributed by atoms with Crippen molar-refractivity contribution in [2.45, 2.75) is 12.6 Å². The fourth-order valence-electron chi connectivity index (χ4n) is 4.46. The summed E-state index contributed by atoms with van der Waals surface area (Å²) in [5.74, 6) is -0.341. The standard InChI is InChI=1S/C25H19F2N3O2/c26-16-2-4-19-15(9-16)13-32-24-10-17(27)3-5-20(24)21(19)7-14-1-6-23-22(8-14)29-25(31)30(23)18-11-28-12-18/h1-10,18,28H,11-13H2,(H,29,31)/b21-7+. The van der Waals surface area contributed by atoms with Crippen molar-refractivity contribution < 1.29 is 13.5 Å². The van der Waals surface area contributed by atoms with Gasteiger partial charge in [0.05, 0.1) is 17.1 Å². The number of aromatic nitrogens is 2. The van der Waals surface area contributed by atoms with E-state index in [0.717, 1.165) is 46.4 Å². The minimum atomic E-state index is -0.397. The van der Waals surface area contributed by atoms with Gasteiger partial charge < -0.3 is 15.0 Å². The smallest absolute Gasteiger partial charge is 0.326 e. The quantitative estimate of drug-likeness (QED) is 0.499. The third-order valence-electron chi connectivity index (χ3n) is 6.15. The number of H-pyrrole nitrogens is 1. The first-order valence-electron chi connectivity index (χ1n) is 10.4. The van der Waals surface area contributed by atoms with Crippen LogP contribution in [0.5, 0.6) is 5.75 Å². The summed E-state index contributed by atoms with van der Waals surface area (Å²) in [7, 11) is 0. The summed E-state index contributed by atoms with van der Waals surface area (Å²) in [6, 6.07) is 14.9. The van der Waals surface area contributed by atoms with Gasteiger partial charge in [0, 0.05) is 30.3 Å². The van der Waals surface area contributed by atoms with Gasteiger partial charge >= 0.3 is 5.69 Å². The highest BCUT2D eigenvalue weighted by Gasteiger charge is 2.23. The molecule has 0 aliphatic carbocycles. The third-order valence-corrected chi connectivity index (χ3v) is 6.15. The van der Waals surface area contributed by atoms with Crippen molar-refractivity contribution in [3.8, 4) is 5.75 Å². The van der Waals surface area contributed by atoms with Crippen molar-refractivity contribution in [1.29, 1.82) is 0 Å². The summed E-state index contributed by atoms with van der Waals surface area (Å²) in [5.41, 5.74) is 5.38. The van der Waals surface area contributed by atoms with Crippen molar-refractivity contribution in [1.82, 2.24) is 14.9 Å². The number of benzene rings is 3. The molecular formula is C25H19F2N3O2. The number of rotatable bonds is 2. The summed E-state index contributed by atoms with van der Waals surface area (Å²) in [6.45, 7) is 1.70. The zero-order valence-corrected chi connectivity index (χ0v) is 17.0. The lowest BCUT2D eigenvalue weighted by Crippen LogP contribution is -2.46. The molecule has 4 aromatic rings. The van der Waals surface area contributed by atoms with Crippen LogP contribution in [-0.4, -0.2) is 22.6 Å². The molecule has 5 nitrogen and oxygen atoms in total. The maximum Gasteiger partial charge on any atom is 0.326 e. The Labute approximate surface area is 182 Å². The van der Waals surface area contributed by atoms with E-state index in [2.05, 4.69) is 10.3 Å². The predicted molar refractivity (Wildman–Crippen MR) is 119 cm³/mol. The van der Waals surface area contributed by atoms with E-state index in [-0.39, 0.29) is 24.2 Å². The zero-order valence-electron chi connectivity index (χ0n) is 17.0. The number of halogens is 2. The van der Waals surface area contributed by atoms with Gasteiger partial charge in [-0.1, -0.05) is 12.1 Å². The number of hydrogen-bond donors (Lipinski definition) is 2. The summed E-state index contributed by atoms with van der Waals surface area (Å²) in [4.78, 5) is 15.4. The molecule has 32 heavy (non-hydrogen) atoms. The summed E-state index contributed by atoms with van der Waals surface area (Å²) < 4.78 is 35.4. The van der Waals surface area contributed by atoms with Crippen LogP contribution in [0.1, 0.15) is 28.3 Å². The number of aromatic amines is 1. The highest BCUT2D eigenvalue weighted by atomic mass is 19.1. The maximum atomic E-state index is 13.9. The molecule has 0 unspecified atom stereocenters. The molecule has 2 N–H and O–H groups in total. The van der Waals surface area contributed by atoms with Crippen molar-refractivity contribution in [2.75, 3.05) is 13.1 Å². The number of ether oxygens (including phenoxy) is 1. The fraction of sp³-hybridized carbons (Fsp3) is 0.160. The van der Waals surface area contributed by atoms with Gasteiger partial charge in [0.1, 0.15) is 24.0 Å². The first-order valence-corrected chi connectivity index (χ1v) is 10.4. The summed E-state index contributed by atoms with van der Waals surface area (Å²) in [5, 5.41) is 3.19. The predicted octanol–water partition coefficient (Wildman–Crippen LogP) is 4.23. The lowest BCUT2D eigenvalue weighted by atomic mass is 9.92. The van der Waals surface area contributed by atoms with Gasteiger partial charge in [0.2, 0.25) is 0 Å². The normalized spacial score (nSPS) is 16.9. The van der Waals surface area contributed by atoms with Crippen LogP contribution in [0.2, 0.25) is 0 Å². The Morgan fingerprint density at radius 2 is 1.75 bits per heavy atom. The Morgan fingerprint density at radius 1 is 0.969 bits per heavy atom. The fourth-order valence-corrected chi connectivity index (χ4v) is 4.46. The largest absolute Gasteiger partial charge is 0.488 e. The van der Waals surface area contributed by atoms with Crippen molar-refractivity contribution >= 4 is 22.7 Å². The number of imidazole rings is 1. The Kier molecular flexibility index (Phi) is 4.26. The second-order valence-corrected chi connectivity index (χ2v) is 8.18. The van der Waals surface area contributed by atoms with Crippen LogP contribution in [0, 0.1) is 11.6 Å². The molecule has 1 saturated heterocycles. The van der Waals surface area contributed by atoms with Crippen LogP contribution >= 0.6 is 0 Å². The first kappa shape index (κ1) is 19.0. The van der Waals surface area contributed by atoms with Gasteiger partial charge in [0.15, 0.2) is 0 Å². The molecule has 0 saturated carbocycles. The van der Waals surface area contributed by atoms with E-state index in [0.29, 0.717) is 11.3 Å². The van der Waals surface area contributed by atoms with E-state index in [1.54, 1.807) is 16.7 Å². The Bertz CT molecular complexity index is 1410. The van der Waals surface area contributed by atoms with Gasteiger partial charge in [-0.2, -0.15) is 0 Å². The van der Waals surface area contributed by atoms with Gasteiger partial charge in [-0.3, -0.25) is 4.57 Å². The Hall–Kier alpha value is -3.71. The van der Waals surface area contributed by atoms with Crippen molar-refractivity contribution in [3.05, 3.63) is 99.0 Å². The molecule has 2 aliphatic heterocycles. The second kappa shape index (κ2) is 7.17. The van der Waals surface area contributed by atoms with Crippen LogP contribution in [0.25, 0.3) is 22.7 Å². The van der Waals surface area contributed by atoms with Crippen LogP contribution < -0.4 is 15.7 Å². The minimum Gasteiger partial charge on any atom is -0.488 e. The monoisotopic (exact) mass is 431 g/mol. The van der Waals surface area contributed by atoms with E-state index in [1.165, 1.54) is 24.3 Å². The molecule has 1 aromatic heterocycles. The minimum absolute atomic E-state index is 0.124. The molecule has 2 aliphatic rings. The molecule has 160 valence electrons. The van der Waals surface area contributed by atoms with Crippen LogP contribution in [0.4, 0.5) is 8.78 Å². The van der Waals surface area contributed by atoms with Gasteiger partial charge in [-0.05, 0) is 59.2 Å². The zero-order chi connectivity index (χ0) is 21.8. The van der Waals surface area contributed by atoms with Crippen LogP contribution in [0.3, 0.4) is 0 Å². The number of fused-ring (bicyclic) bond motifs is 3. The van der Waals surface area contributed by atoms with Crippen LogP contribution in [0.15, 0.2) is 59.4 Å². The van der Waals surface area contributed by atoms with E-state index in [9.17, 15) is 13.6 Å². The number of hydrogen-bond acceptors (Lipinski definition) is 3.